The van der Waals surface area contributed by atoms with Crippen molar-refractivity contribution in [2.24, 2.45) is 0 Å². The van der Waals surface area contributed by atoms with Gasteiger partial charge in [-0.3, -0.25) is 0 Å². The molecule has 0 aliphatic carbocycles. The number of benzene rings is 2. The fourth-order valence-electron chi connectivity index (χ4n) is 2.80. The van der Waals surface area contributed by atoms with E-state index in [1.54, 1.807) is 0 Å². The summed E-state index contributed by atoms with van der Waals surface area (Å²) in [7, 11) is -0.0969. The van der Waals surface area contributed by atoms with E-state index >= 15 is 0 Å². The lowest BCUT2D eigenvalue weighted by Crippen LogP contribution is -2.13. The molecule has 3 heteroatoms. The second-order valence-corrected chi connectivity index (χ2v) is 5.51. The normalized spacial score (nSPS) is 21.7. The molecule has 2 aromatic rings. The molecule has 2 aromatic carbocycles. The molecule has 2 nitrogen and oxygen atoms in total. The first-order valence-electron chi connectivity index (χ1n) is 7.79. The van der Waals surface area contributed by atoms with Crippen molar-refractivity contribution < 1.29 is 9.31 Å². The Morgan fingerprint density at radius 2 is 1.29 bits per heavy atom. The number of hydrogen-bond donors (Lipinski definition) is 0. The van der Waals surface area contributed by atoms with Crippen molar-refractivity contribution in [1.82, 2.24) is 0 Å². The minimum atomic E-state index is -0.0969. The van der Waals surface area contributed by atoms with Crippen LogP contribution < -0.4 is 0 Å². The Morgan fingerprint density at radius 3 is 1.71 bits per heavy atom. The van der Waals surface area contributed by atoms with Gasteiger partial charge in [-0.25, -0.2) is 0 Å². The van der Waals surface area contributed by atoms with E-state index < -0.39 is 0 Å². The molecular weight excluding hydrogens is 259 g/mol. The zero-order valence-corrected chi connectivity index (χ0v) is 12.4. The van der Waals surface area contributed by atoms with Crippen LogP contribution in [0.4, 0.5) is 0 Å². The molecule has 0 radical (unpaired) electrons. The predicted octanol–water partition coefficient (Wildman–Crippen LogP) is 4.80. The van der Waals surface area contributed by atoms with Gasteiger partial charge < -0.3 is 9.31 Å². The second-order valence-electron chi connectivity index (χ2n) is 5.51. The third kappa shape index (κ3) is 3.37. The molecule has 1 aliphatic rings. The van der Waals surface area contributed by atoms with Crippen molar-refractivity contribution in [3.05, 3.63) is 71.8 Å². The maximum atomic E-state index is 6.19. The zero-order valence-electron chi connectivity index (χ0n) is 12.4. The van der Waals surface area contributed by atoms with E-state index in [0.29, 0.717) is 0 Å². The molecule has 108 valence electrons. The van der Waals surface area contributed by atoms with Gasteiger partial charge >= 0.3 is 7.12 Å². The van der Waals surface area contributed by atoms with Crippen LogP contribution in [0.5, 0.6) is 0 Å². The molecule has 0 N–H and O–H groups in total. The fraction of sp³-hybridized carbons (Fsp3) is 0.333. The first-order chi connectivity index (χ1) is 10.4. The number of unbranched alkanes of at least 4 members (excludes halogenated alkanes) is 1. The van der Waals surface area contributed by atoms with Gasteiger partial charge in [0.25, 0.3) is 0 Å². The van der Waals surface area contributed by atoms with Gasteiger partial charge in [0, 0.05) is 0 Å². The summed E-state index contributed by atoms with van der Waals surface area (Å²) in [5, 5.41) is 0. The molecule has 1 aliphatic heterocycles. The highest BCUT2D eigenvalue weighted by atomic mass is 16.7. The van der Waals surface area contributed by atoms with E-state index in [1.165, 1.54) is 11.1 Å². The molecule has 1 saturated heterocycles. The molecular formula is C18H21BO2. The average molecular weight is 280 g/mol. The Morgan fingerprint density at radius 1 is 0.810 bits per heavy atom. The number of rotatable bonds is 5. The first-order valence-corrected chi connectivity index (χ1v) is 7.79. The van der Waals surface area contributed by atoms with Crippen molar-refractivity contribution in [2.45, 2.75) is 38.3 Å². The van der Waals surface area contributed by atoms with E-state index in [2.05, 4.69) is 55.5 Å². The van der Waals surface area contributed by atoms with Crippen LogP contribution >= 0.6 is 0 Å². The lowest BCUT2D eigenvalue weighted by Gasteiger charge is -2.19. The van der Waals surface area contributed by atoms with Crippen molar-refractivity contribution >= 4 is 7.12 Å². The topological polar surface area (TPSA) is 18.5 Å². The standard InChI is InChI=1S/C18H21BO2/c1-2-3-14-19-20-17(15-10-6-4-7-11-15)18(21-19)16-12-8-5-9-13-16/h4-13,17-18H,2-3,14H2,1H3. The molecule has 1 fully saturated rings. The Balaban J connectivity index is 1.84. The summed E-state index contributed by atoms with van der Waals surface area (Å²) >= 11 is 0. The van der Waals surface area contributed by atoms with Crippen molar-refractivity contribution in [3.63, 3.8) is 0 Å². The summed E-state index contributed by atoms with van der Waals surface area (Å²) in [5.41, 5.74) is 2.37. The SMILES string of the molecule is CCCCB1OC(c2ccccc2)C(c2ccccc2)O1. The summed E-state index contributed by atoms with van der Waals surface area (Å²) < 4.78 is 12.4. The molecule has 0 spiro atoms. The summed E-state index contributed by atoms with van der Waals surface area (Å²) in [6, 6.07) is 20.8. The number of hydrogen-bond acceptors (Lipinski definition) is 2. The van der Waals surface area contributed by atoms with Gasteiger partial charge in [0.2, 0.25) is 0 Å². The monoisotopic (exact) mass is 280 g/mol. The van der Waals surface area contributed by atoms with Gasteiger partial charge in [0.05, 0.1) is 12.2 Å². The average Bonchev–Trinajstić information content (AvgIpc) is 2.99. The Labute approximate surface area is 127 Å². The third-order valence-electron chi connectivity index (χ3n) is 3.92. The van der Waals surface area contributed by atoms with E-state index in [1.807, 2.05) is 12.1 Å². The minimum absolute atomic E-state index is 0.0181. The quantitative estimate of drug-likeness (QED) is 0.732. The highest BCUT2D eigenvalue weighted by Crippen LogP contribution is 2.42. The van der Waals surface area contributed by atoms with Gasteiger partial charge in [-0.15, -0.1) is 0 Å². The van der Waals surface area contributed by atoms with Crippen LogP contribution in [0.2, 0.25) is 6.32 Å². The molecule has 0 amide bonds. The van der Waals surface area contributed by atoms with Gasteiger partial charge in [-0.2, -0.15) is 0 Å². The predicted molar refractivity (Wildman–Crippen MR) is 86.0 cm³/mol. The van der Waals surface area contributed by atoms with Gasteiger partial charge in [-0.1, -0.05) is 80.4 Å². The maximum absolute atomic E-state index is 6.19. The maximum Gasteiger partial charge on any atom is 0.457 e. The molecule has 0 bridgehead atoms. The van der Waals surface area contributed by atoms with E-state index in [-0.39, 0.29) is 19.3 Å². The van der Waals surface area contributed by atoms with Crippen LogP contribution in [0.25, 0.3) is 0 Å². The smallest absolute Gasteiger partial charge is 0.401 e. The fourth-order valence-corrected chi connectivity index (χ4v) is 2.80. The highest BCUT2D eigenvalue weighted by Gasteiger charge is 2.40. The Bertz CT molecular complexity index is 496. The van der Waals surface area contributed by atoms with E-state index in [4.69, 9.17) is 9.31 Å². The summed E-state index contributed by atoms with van der Waals surface area (Å²) in [5.74, 6) is 0. The summed E-state index contributed by atoms with van der Waals surface area (Å²) in [4.78, 5) is 0. The molecule has 0 aromatic heterocycles. The largest absolute Gasteiger partial charge is 0.457 e. The van der Waals surface area contributed by atoms with Crippen LogP contribution in [-0.2, 0) is 9.31 Å². The summed E-state index contributed by atoms with van der Waals surface area (Å²) in [6.45, 7) is 2.19. The first kappa shape index (κ1) is 14.4. The third-order valence-corrected chi connectivity index (χ3v) is 3.92. The molecule has 21 heavy (non-hydrogen) atoms. The Kier molecular flexibility index (Phi) is 4.74. The zero-order chi connectivity index (χ0) is 14.5. The van der Waals surface area contributed by atoms with Crippen molar-refractivity contribution in [3.8, 4) is 0 Å². The lowest BCUT2D eigenvalue weighted by atomic mass is 9.83. The minimum Gasteiger partial charge on any atom is -0.401 e. The molecule has 2 unspecified atom stereocenters. The van der Waals surface area contributed by atoms with Crippen molar-refractivity contribution in [2.75, 3.05) is 0 Å². The van der Waals surface area contributed by atoms with E-state index in [9.17, 15) is 0 Å². The van der Waals surface area contributed by atoms with Crippen LogP contribution in [-0.4, -0.2) is 7.12 Å². The molecule has 2 atom stereocenters. The molecule has 1 heterocycles. The molecule has 0 saturated carbocycles. The Hall–Kier alpha value is -1.58. The van der Waals surface area contributed by atoms with Crippen LogP contribution in [0.1, 0.15) is 43.1 Å². The van der Waals surface area contributed by atoms with E-state index in [0.717, 1.165) is 19.2 Å². The summed E-state index contributed by atoms with van der Waals surface area (Å²) in [6.07, 6.45) is 3.22. The van der Waals surface area contributed by atoms with Crippen molar-refractivity contribution in [1.29, 1.82) is 0 Å². The van der Waals surface area contributed by atoms with Gasteiger partial charge in [-0.05, 0) is 17.4 Å². The lowest BCUT2D eigenvalue weighted by molar-refractivity contribution is 0.159. The van der Waals surface area contributed by atoms with Crippen LogP contribution in [0.3, 0.4) is 0 Å². The van der Waals surface area contributed by atoms with Gasteiger partial charge in [0.15, 0.2) is 0 Å². The highest BCUT2D eigenvalue weighted by molar-refractivity contribution is 6.45. The van der Waals surface area contributed by atoms with Crippen LogP contribution in [0.15, 0.2) is 60.7 Å². The van der Waals surface area contributed by atoms with Crippen LogP contribution in [0, 0.1) is 0 Å². The second kappa shape index (κ2) is 6.92. The van der Waals surface area contributed by atoms with Gasteiger partial charge in [0.1, 0.15) is 0 Å². The molecule has 3 rings (SSSR count).